The van der Waals surface area contributed by atoms with E-state index >= 15 is 0 Å². The molecule has 0 atom stereocenters. The second kappa shape index (κ2) is 5.09. The van der Waals surface area contributed by atoms with Crippen molar-refractivity contribution in [3.05, 3.63) is 22.6 Å². The van der Waals surface area contributed by atoms with E-state index in [9.17, 15) is 9.59 Å². The molecular weight excluding hydrogens is 220 g/mol. The lowest BCUT2D eigenvalue weighted by Gasteiger charge is -2.33. The molecular formula is C11H16N4O2. The molecule has 2 rings (SSSR count). The number of likely N-dealkylation sites (N-methyl/N-ethyl adjacent to an activating group) is 1. The van der Waals surface area contributed by atoms with Crippen LogP contribution in [0.15, 0.2) is 17.1 Å². The zero-order valence-electron chi connectivity index (χ0n) is 9.87. The standard InChI is InChI=1S/C11H16N4O2/c1-13-2-4-14(5-3-13)10-8-11(17)15(6-7-16)12-9-10/h7-9H,2-6H2,1H3. The molecule has 0 saturated carbocycles. The number of aromatic nitrogens is 2. The molecule has 0 bridgehead atoms. The normalized spacial score (nSPS) is 17.1. The molecule has 0 N–H and O–H groups in total. The van der Waals surface area contributed by atoms with E-state index in [0.29, 0.717) is 6.29 Å². The number of nitrogens with zero attached hydrogens (tertiary/aromatic N) is 4. The molecule has 17 heavy (non-hydrogen) atoms. The summed E-state index contributed by atoms with van der Waals surface area (Å²) in [6, 6.07) is 1.54. The quantitative estimate of drug-likeness (QED) is 0.643. The number of piperazine rings is 1. The smallest absolute Gasteiger partial charge is 0.269 e. The summed E-state index contributed by atoms with van der Waals surface area (Å²) in [6.45, 7) is 3.78. The fourth-order valence-electron chi connectivity index (χ4n) is 1.87. The van der Waals surface area contributed by atoms with E-state index in [4.69, 9.17) is 0 Å². The summed E-state index contributed by atoms with van der Waals surface area (Å²) in [6.07, 6.45) is 2.32. The second-order valence-corrected chi connectivity index (χ2v) is 4.19. The molecule has 6 heteroatoms. The molecule has 1 aliphatic heterocycles. The minimum Gasteiger partial charge on any atom is -0.368 e. The maximum absolute atomic E-state index is 11.6. The Bertz CT molecular complexity index is 449. The van der Waals surface area contributed by atoms with E-state index in [2.05, 4.69) is 21.9 Å². The molecule has 1 aromatic rings. The van der Waals surface area contributed by atoms with Crippen molar-refractivity contribution in [1.29, 1.82) is 0 Å². The Hall–Kier alpha value is -1.69. The first-order valence-electron chi connectivity index (χ1n) is 5.65. The minimum absolute atomic E-state index is 0.0157. The highest BCUT2D eigenvalue weighted by Gasteiger charge is 2.15. The molecule has 0 amide bonds. The van der Waals surface area contributed by atoms with Gasteiger partial charge >= 0.3 is 0 Å². The van der Waals surface area contributed by atoms with Gasteiger partial charge in [0.2, 0.25) is 0 Å². The van der Waals surface area contributed by atoms with Crippen molar-refractivity contribution in [2.75, 3.05) is 38.1 Å². The third kappa shape index (κ3) is 2.71. The average molecular weight is 236 g/mol. The summed E-state index contributed by atoms with van der Waals surface area (Å²) in [7, 11) is 2.08. The van der Waals surface area contributed by atoms with Crippen molar-refractivity contribution in [3.63, 3.8) is 0 Å². The maximum Gasteiger partial charge on any atom is 0.269 e. The van der Waals surface area contributed by atoms with Crippen molar-refractivity contribution < 1.29 is 4.79 Å². The van der Waals surface area contributed by atoms with E-state index < -0.39 is 0 Å². The second-order valence-electron chi connectivity index (χ2n) is 4.19. The molecule has 1 aromatic heterocycles. The monoisotopic (exact) mass is 236 g/mol. The lowest BCUT2D eigenvalue weighted by molar-refractivity contribution is -0.108. The maximum atomic E-state index is 11.6. The fourth-order valence-corrected chi connectivity index (χ4v) is 1.87. The largest absolute Gasteiger partial charge is 0.368 e. The van der Waals surface area contributed by atoms with Crippen LogP contribution in [0.3, 0.4) is 0 Å². The molecule has 0 spiro atoms. The first-order chi connectivity index (χ1) is 8.20. The van der Waals surface area contributed by atoms with E-state index in [1.165, 1.54) is 0 Å². The van der Waals surface area contributed by atoms with E-state index in [0.717, 1.165) is 36.5 Å². The molecule has 0 aromatic carbocycles. The van der Waals surface area contributed by atoms with Gasteiger partial charge in [0.25, 0.3) is 5.56 Å². The highest BCUT2D eigenvalue weighted by molar-refractivity contribution is 5.49. The number of carbonyl (C=O) groups is 1. The van der Waals surface area contributed by atoms with Gasteiger partial charge in [-0.3, -0.25) is 4.79 Å². The summed E-state index contributed by atoms with van der Waals surface area (Å²) in [5, 5.41) is 3.98. The first-order valence-corrected chi connectivity index (χ1v) is 5.65. The van der Waals surface area contributed by atoms with Crippen molar-refractivity contribution in [1.82, 2.24) is 14.7 Å². The molecule has 1 saturated heterocycles. The molecule has 92 valence electrons. The van der Waals surface area contributed by atoms with Crippen LogP contribution >= 0.6 is 0 Å². The molecule has 0 aliphatic carbocycles. The van der Waals surface area contributed by atoms with Gasteiger partial charge in [0, 0.05) is 32.2 Å². The van der Waals surface area contributed by atoms with Gasteiger partial charge in [-0.25, -0.2) is 4.68 Å². The van der Waals surface area contributed by atoms with Crippen molar-refractivity contribution in [2.45, 2.75) is 6.54 Å². The van der Waals surface area contributed by atoms with Crippen LogP contribution in [0.2, 0.25) is 0 Å². The number of hydrogen-bond acceptors (Lipinski definition) is 5. The number of carbonyl (C=O) groups excluding carboxylic acids is 1. The predicted octanol–water partition coefficient (Wildman–Crippen LogP) is -0.806. The molecule has 0 radical (unpaired) electrons. The van der Waals surface area contributed by atoms with Gasteiger partial charge in [-0.2, -0.15) is 5.10 Å². The van der Waals surface area contributed by atoms with Crippen LogP contribution in [0.1, 0.15) is 0 Å². The molecule has 6 nitrogen and oxygen atoms in total. The van der Waals surface area contributed by atoms with Crippen LogP contribution in [0.4, 0.5) is 5.69 Å². The third-order valence-corrected chi connectivity index (χ3v) is 2.97. The van der Waals surface area contributed by atoms with Crippen LogP contribution < -0.4 is 10.5 Å². The summed E-state index contributed by atoms with van der Waals surface area (Å²) >= 11 is 0. The topological polar surface area (TPSA) is 58.4 Å². The number of hydrogen-bond donors (Lipinski definition) is 0. The Morgan fingerprint density at radius 3 is 2.65 bits per heavy atom. The summed E-state index contributed by atoms with van der Waals surface area (Å²) in [4.78, 5) is 26.4. The van der Waals surface area contributed by atoms with E-state index in [-0.39, 0.29) is 12.1 Å². The van der Waals surface area contributed by atoms with Crippen molar-refractivity contribution in [2.24, 2.45) is 0 Å². The zero-order valence-corrected chi connectivity index (χ0v) is 9.87. The van der Waals surface area contributed by atoms with Crippen LogP contribution in [0.25, 0.3) is 0 Å². The summed E-state index contributed by atoms with van der Waals surface area (Å²) in [5.41, 5.74) is 0.610. The van der Waals surface area contributed by atoms with Gasteiger partial charge in [-0.1, -0.05) is 0 Å². The SMILES string of the molecule is CN1CCN(c2cnn(CC=O)c(=O)c2)CC1. The highest BCUT2D eigenvalue weighted by atomic mass is 16.1. The lowest BCUT2D eigenvalue weighted by atomic mass is 10.3. The van der Waals surface area contributed by atoms with Crippen LogP contribution in [0.5, 0.6) is 0 Å². The Labute approximate surface area is 99.4 Å². The molecule has 1 aliphatic rings. The van der Waals surface area contributed by atoms with Crippen molar-refractivity contribution >= 4 is 12.0 Å². The first kappa shape index (κ1) is 11.8. The van der Waals surface area contributed by atoms with Gasteiger partial charge < -0.3 is 14.6 Å². The lowest BCUT2D eigenvalue weighted by Crippen LogP contribution is -2.45. The van der Waals surface area contributed by atoms with Gasteiger partial charge in [-0.05, 0) is 7.05 Å². The zero-order chi connectivity index (χ0) is 12.3. The van der Waals surface area contributed by atoms with Crippen LogP contribution in [-0.4, -0.2) is 54.2 Å². The Morgan fingerprint density at radius 1 is 1.35 bits per heavy atom. The summed E-state index contributed by atoms with van der Waals surface area (Å²) < 4.78 is 1.16. The van der Waals surface area contributed by atoms with Crippen LogP contribution in [-0.2, 0) is 11.3 Å². The predicted molar refractivity (Wildman–Crippen MR) is 64.3 cm³/mol. The summed E-state index contributed by atoms with van der Waals surface area (Å²) in [5.74, 6) is 0. The fraction of sp³-hybridized carbons (Fsp3) is 0.545. The number of anilines is 1. The Morgan fingerprint density at radius 2 is 2.06 bits per heavy atom. The minimum atomic E-state index is -0.228. The number of rotatable bonds is 3. The van der Waals surface area contributed by atoms with Crippen molar-refractivity contribution in [3.8, 4) is 0 Å². The van der Waals surface area contributed by atoms with Crippen LogP contribution in [0, 0.1) is 0 Å². The Balaban J connectivity index is 2.14. The highest BCUT2D eigenvalue weighted by Crippen LogP contribution is 2.11. The Kier molecular flexibility index (Phi) is 3.53. The molecule has 2 heterocycles. The van der Waals surface area contributed by atoms with E-state index in [1.54, 1.807) is 12.3 Å². The van der Waals surface area contributed by atoms with E-state index in [1.807, 2.05) is 0 Å². The molecule has 0 unspecified atom stereocenters. The van der Waals surface area contributed by atoms with Gasteiger partial charge in [0.15, 0.2) is 0 Å². The van der Waals surface area contributed by atoms with Gasteiger partial charge in [0.1, 0.15) is 12.8 Å². The average Bonchev–Trinajstić information content (AvgIpc) is 2.33. The third-order valence-electron chi connectivity index (χ3n) is 2.97. The van der Waals surface area contributed by atoms with Gasteiger partial charge in [0.05, 0.1) is 11.9 Å². The number of aldehydes is 1. The molecule has 1 fully saturated rings. The van der Waals surface area contributed by atoms with Gasteiger partial charge in [-0.15, -0.1) is 0 Å².